The molecule has 0 aliphatic heterocycles. The fourth-order valence-corrected chi connectivity index (χ4v) is 2.27. The number of hydrogen-bond donors (Lipinski definition) is 1. The summed E-state index contributed by atoms with van der Waals surface area (Å²) in [4.78, 5) is 0. The van der Waals surface area contributed by atoms with Gasteiger partial charge in [0, 0.05) is 10.0 Å². The van der Waals surface area contributed by atoms with Crippen molar-refractivity contribution in [3.8, 4) is 0 Å². The van der Waals surface area contributed by atoms with Crippen molar-refractivity contribution >= 4 is 15.9 Å². The molecule has 0 spiro atoms. The van der Waals surface area contributed by atoms with Gasteiger partial charge in [0.25, 0.3) is 0 Å². The zero-order valence-electron chi connectivity index (χ0n) is 9.75. The quantitative estimate of drug-likeness (QED) is 0.893. The molecule has 18 heavy (non-hydrogen) atoms. The number of halogens is 3. The van der Waals surface area contributed by atoms with E-state index in [0.717, 1.165) is 10.5 Å². The molecular weight excluding hydrogens is 300 g/mol. The molecule has 0 fully saturated rings. The van der Waals surface area contributed by atoms with E-state index in [9.17, 15) is 8.78 Å². The van der Waals surface area contributed by atoms with Gasteiger partial charge in [0.2, 0.25) is 0 Å². The number of benzene rings is 2. The van der Waals surface area contributed by atoms with Gasteiger partial charge in [-0.3, -0.25) is 0 Å². The van der Waals surface area contributed by atoms with E-state index < -0.39 is 17.2 Å². The van der Waals surface area contributed by atoms with E-state index in [2.05, 4.69) is 15.9 Å². The number of nitrogens with two attached hydrogens (primary N) is 1. The zero-order valence-corrected chi connectivity index (χ0v) is 11.3. The summed E-state index contributed by atoms with van der Waals surface area (Å²) in [6, 6.07) is 11.3. The largest absolute Gasteiger partial charge is 0.318 e. The summed E-state index contributed by atoms with van der Waals surface area (Å²) in [6.45, 7) is 1.66. The van der Waals surface area contributed by atoms with E-state index in [-0.39, 0.29) is 5.56 Å². The van der Waals surface area contributed by atoms with Crippen molar-refractivity contribution in [2.75, 3.05) is 0 Å². The Kier molecular flexibility index (Phi) is 3.50. The van der Waals surface area contributed by atoms with E-state index in [4.69, 9.17) is 5.73 Å². The maximum absolute atomic E-state index is 13.8. The van der Waals surface area contributed by atoms with Crippen molar-refractivity contribution in [2.24, 2.45) is 5.73 Å². The summed E-state index contributed by atoms with van der Waals surface area (Å²) in [6.07, 6.45) is 0. The van der Waals surface area contributed by atoms with Crippen molar-refractivity contribution in [3.63, 3.8) is 0 Å². The third kappa shape index (κ3) is 2.31. The molecule has 0 aliphatic rings. The van der Waals surface area contributed by atoms with Gasteiger partial charge in [0.1, 0.15) is 0 Å². The molecule has 2 N–H and O–H groups in total. The average molecular weight is 312 g/mol. The van der Waals surface area contributed by atoms with Crippen LogP contribution in [0.3, 0.4) is 0 Å². The molecule has 1 unspecified atom stereocenters. The van der Waals surface area contributed by atoms with Gasteiger partial charge in [-0.15, -0.1) is 0 Å². The third-order valence-corrected chi connectivity index (χ3v) is 3.43. The standard InChI is InChI=1S/C14H12BrF2N/c1-14(18,9-4-2-5-10(15)8-9)11-6-3-7-12(16)13(11)17/h2-8H,18H2,1H3. The number of rotatable bonds is 2. The molecule has 0 aromatic heterocycles. The van der Waals surface area contributed by atoms with Crippen LogP contribution in [0, 0.1) is 11.6 Å². The minimum absolute atomic E-state index is 0.139. The molecule has 4 heteroatoms. The second-order valence-corrected chi connectivity index (χ2v) is 5.23. The number of hydrogen-bond acceptors (Lipinski definition) is 1. The second kappa shape index (κ2) is 4.78. The topological polar surface area (TPSA) is 26.0 Å². The van der Waals surface area contributed by atoms with E-state index in [1.807, 2.05) is 12.1 Å². The average Bonchev–Trinajstić information content (AvgIpc) is 2.32. The lowest BCUT2D eigenvalue weighted by Gasteiger charge is -2.26. The van der Waals surface area contributed by atoms with Crippen molar-refractivity contribution in [1.29, 1.82) is 0 Å². The first-order valence-corrected chi connectivity index (χ1v) is 6.21. The van der Waals surface area contributed by atoms with E-state index in [1.165, 1.54) is 12.1 Å². The molecular formula is C14H12BrF2N. The van der Waals surface area contributed by atoms with Gasteiger partial charge in [-0.1, -0.05) is 40.2 Å². The van der Waals surface area contributed by atoms with Crippen LogP contribution in [-0.2, 0) is 5.54 Å². The summed E-state index contributed by atoms with van der Waals surface area (Å²) in [5.74, 6) is -1.79. The van der Waals surface area contributed by atoms with Gasteiger partial charge in [-0.25, -0.2) is 8.78 Å². The van der Waals surface area contributed by atoms with Gasteiger partial charge in [0.15, 0.2) is 11.6 Å². The van der Waals surface area contributed by atoms with Gasteiger partial charge in [-0.2, -0.15) is 0 Å². The highest BCUT2D eigenvalue weighted by Gasteiger charge is 2.28. The van der Waals surface area contributed by atoms with Crippen molar-refractivity contribution in [3.05, 3.63) is 69.7 Å². The van der Waals surface area contributed by atoms with Crippen LogP contribution >= 0.6 is 15.9 Å². The van der Waals surface area contributed by atoms with Crippen LogP contribution in [-0.4, -0.2) is 0 Å². The van der Waals surface area contributed by atoms with Crippen molar-refractivity contribution in [2.45, 2.75) is 12.5 Å². The third-order valence-electron chi connectivity index (χ3n) is 2.94. The Bertz CT molecular complexity index is 582. The fourth-order valence-electron chi connectivity index (χ4n) is 1.87. The van der Waals surface area contributed by atoms with Crippen molar-refractivity contribution in [1.82, 2.24) is 0 Å². The second-order valence-electron chi connectivity index (χ2n) is 4.31. The first kappa shape index (κ1) is 13.2. The smallest absolute Gasteiger partial charge is 0.164 e. The fraction of sp³-hybridized carbons (Fsp3) is 0.143. The Morgan fingerprint density at radius 3 is 2.44 bits per heavy atom. The lowest BCUT2D eigenvalue weighted by molar-refractivity contribution is 0.468. The Morgan fingerprint density at radius 1 is 1.11 bits per heavy atom. The highest BCUT2D eigenvalue weighted by molar-refractivity contribution is 9.10. The lowest BCUT2D eigenvalue weighted by Crippen LogP contribution is -2.35. The maximum atomic E-state index is 13.8. The predicted octanol–water partition coefficient (Wildman–Crippen LogP) is 3.95. The molecule has 0 saturated carbocycles. The Morgan fingerprint density at radius 2 is 1.78 bits per heavy atom. The van der Waals surface area contributed by atoms with Crippen LogP contribution in [0.2, 0.25) is 0 Å². The minimum Gasteiger partial charge on any atom is -0.318 e. The molecule has 2 aromatic carbocycles. The lowest BCUT2D eigenvalue weighted by atomic mass is 9.85. The molecule has 0 aliphatic carbocycles. The summed E-state index contributed by atoms with van der Waals surface area (Å²) < 4.78 is 27.9. The molecule has 1 atom stereocenters. The first-order valence-electron chi connectivity index (χ1n) is 5.42. The van der Waals surface area contributed by atoms with Gasteiger partial charge in [-0.05, 0) is 30.7 Å². The summed E-state index contributed by atoms with van der Waals surface area (Å²) >= 11 is 3.34. The highest BCUT2D eigenvalue weighted by Crippen LogP contribution is 2.30. The molecule has 0 heterocycles. The van der Waals surface area contributed by atoms with Gasteiger partial charge >= 0.3 is 0 Å². The minimum atomic E-state index is -1.09. The van der Waals surface area contributed by atoms with Crippen LogP contribution < -0.4 is 5.73 Å². The molecule has 1 nitrogen and oxygen atoms in total. The molecule has 94 valence electrons. The van der Waals surface area contributed by atoms with E-state index >= 15 is 0 Å². The summed E-state index contributed by atoms with van der Waals surface area (Å²) in [7, 11) is 0. The molecule has 0 amide bonds. The van der Waals surface area contributed by atoms with E-state index in [1.54, 1.807) is 19.1 Å². The zero-order chi connectivity index (χ0) is 13.3. The van der Waals surface area contributed by atoms with E-state index in [0.29, 0.717) is 5.56 Å². The molecule has 0 radical (unpaired) electrons. The molecule has 0 bridgehead atoms. The highest BCUT2D eigenvalue weighted by atomic mass is 79.9. The Hall–Kier alpha value is -1.26. The van der Waals surface area contributed by atoms with Crippen LogP contribution in [0.5, 0.6) is 0 Å². The van der Waals surface area contributed by atoms with Gasteiger partial charge < -0.3 is 5.73 Å². The van der Waals surface area contributed by atoms with Crippen LogP contribution in [0.25, 0.3) is 0 Å². The SMILES string of the molecule is CC(N)(c1cccc(Br)c1)c1cccc(F)c1F. The van der Waals surface area contributed by atoms with Crippen molar-refractivity contribution < 1.29 is 8.78 Å². The monoisotopic (exact) mass is 311 g/mol. The summed E-state index contributed by atoms with van der Waals surface area (Å²) in [5, 5.41) is 0. The van der Waals surface area contributed by atoms with Crippen LogP contribution in [0.4, 0.5) is 8.78 Å². The van der Waals surface area contributed by atoms with Gasteiger partial charge in [0.05, 0.1) is 5.54 Å². The Labute approximate surface area is 113 Å². The molecule has 2 rings (SSSR count). The predicted molar refractivity (Wildman–Crippen MR) is 71.1 cm³/mol. The summed E-state index contributed by atoms with van der Waals surface area (Å²) in [5.41, 5.74) is 5.93. The normalized spacial score (nSPS) is 14.3. The maximum Gasteiger partial charge on any atom is 0.164 e. The molecule has 2 aromatic rings. The molecule has 0 saturated heterocycles. The van der Waals surface area contributed by atoms with Crippen LogP contribution in [0.15, 0.2) is 46.9 Å². The first-order chi connectivity index (χ1) is 8.43. The Balaban J connectivity index is 2.57. The van der Waals surface area contributed by atoms with Crippen LogP contribution in [0.1, 0.15) is 18.1 Å².